The number of nitrogens with one attached hydrogen (secondary N) is 2. The van der Waals surface area contributed by atoms with Gasteiger partial charge in [0.1, 0.15) is 16.6 Å². The number of piperazine rings is 1. The van der Waals surface area contributed by atoms with Crippen LogP contribution in [0.1, 0.15) is 5.82 Å². The highest BCUT2D eigenvalue weighted by Crippen LogP contribution is 2.15. The van der Waals surface area contributed by atoms with Crippen molar-refractivity contribution in [2.75, 3.05) is 19.6 Å². The molecule has 0 saturated carbocycles. The van der Waals surface area contributed by atoms with Crippen LogP contribution in [0.5, 0.6) is 0 Å². The zero-order valence-corrected chi connectivity index (χ0v) is 11.6. The summed E-state index contributed by atoms with van der Waals surface area (Å²) in [6, 6.07) is 1.45. The van der Waals surface area contributed by atoms with Crippen LogP contribution in [-0.2, 0) is 11.3 Å². The highest BCUT2D eigenvalue weighted by molar-refractivity contribution is 7.17. The zero-order valence-electron chi connectivity index (χ0n) is 10.8. The predicted molar refractivity (Wildman–Crippen MR) is 76.5 cm³/mol. The number of hydrogen-bond acceptors (Lipinski definition) is 6. The molecule has 4 N–H and O–H groups in total. The summed E-state index contributed by atoms with van der Waals surface area (Å²) in [5.41, 5.74) is 5.96. The molecule has 0 bridgehead atoms. The number of aromatic nitrogens is 2. The number of carbonyl (C=O) groups is 1. The molecule has 3 rings (SSSR count). The van der Waals surface area contributed by atoms with Gasteiger partial charge >= 0.3 is 0 Å². The normalized spacial score (nSPS) is 20.3. The van der Waals surface area contributed by atoms with E-state index in [4.69, 9.17) is 5.73 Å². The minimum absolute atomic E-state index is 0.134. The van der Waals surface area contributed by atoms with Gasteiger partial charge < -0.3 is 16.0 Å². The van der Waals surface area contributed by atoms with Crippen LogP contribution in [0.15, 0.2) is 16.2 Å². The van der Waals surface area contributed by atoms with Gasteiger partial charge in [0.25, 0.3) is 5.56 Å². The van der Waals surface area contributed by atoms with Crippen molar-refractivity contribution in [3.05, 3.63) is 27.6 Å². The van der Waals surface area contributed by atoms with E-state index in [0.717, 1.165) is 6.54 Å². The van der Waals surface area contributed by atoms with Gasteiger partial charge in [0.05, 0.1) is 12.1 Å². The predicted octanol–water partition coefficient (Wildman–Crippen LogP) is -0.756. The Kier molecular flexibility index (Phi) is 3.51. The van der Waals surface area contributed by atoms with Crippen molar-refractivity contribution in [1.82, 2.24) is 20.2 Å². The molecule has 2 aromatic heterocycles. The second kappa shape index (κ2) is 5.31. The number of aromatic amines is 1. The highest BCUT2D eigenvalue weighted by atomic mass is 32.1. The number of thiophene rings is 1. The summed E-state index contributed by atoms with van der Waals surface area (Å²) in [5.74, 6) is 0.199. The van der Waals surface area contributed by atoms with Crippen molar-refractivity contribution in [3.63, 3.8) is 0 Å². The van der Waals surface area contributed by atoms with E-state index >= 15 is 0 Å². The zero-order chi connectivity index (χ0) is 14.1. The Morgan fingerprint density at radius 1 is 1.60 bits per heavy atom. The first kappa shape index (κ1) is 13.2. The molecule has 0 spiro atoms. The molecule has 1 aliphatic rings. The lowest BCUT2D eigenvalue weighted by Gasteiger charge is -2.33. The smallest absolute Gasteiger partial charge is 0.268 e. The van der Waals surface area contributed by atoms with E-state index in [9.17, 15) is 9.59 Å². The van der Waals surface area contributed by atoms with Crippen LogP contribution in [0.4, 0.5) is 0 Å². The molecule has 1 aliphatic heterocycles. The third kappa shape index (κ3) is 2.45. The fourth-order valence-electron chi connectivity index (χ4n) is 2.41. The largest absolute Gasteiger partial charge is 0.368 e. The first-order valence-corrected chi connectivity index (χ1v) is 7.23. The van der Waals surface area contributed by atoms with Crippen LogP contribution in [-0.4, -0.2) is 46.5 Å². The standard InChI is InChI=1S/C12H15N5O2S/c13-11(18)8-5-14-2-3-17(8)6-9-15-7-1-4-20-10(7)12(19)16-9/h1,4,8,14H,2-3,5-6H2,(H2,13,18)(H,15,16,19). The summed E-state index contributed by atoms with van der Waals surface area (Å²) in [7, 11) is 0. The maximum absolute atomic E-state index is 11.9. The van der Waals surface area contributed by atoms with Crippen molar-refractivity contribution in [3.8, 4) is 0 Å². The first-order valence-electron chi connectivity index (χ1n) is 6.35. The fourth-order valence-corrected chi connectivity index (χ4v) is 3.13. The Balaban J connectivity index is 1.87. The molecule has 1 amide bonds. The van der Waals surface area contributed by atoms with E-state index in [1.54, 1.807) is 0 Å². The third-order valence-electron chi connectivity index (χ3n) is 3.40. The number of primary amides is 1. The molecule has 20 heavy (non-hydrogen) atoms. The highest BCUT2D eigenvalue weighted by Gasteiger charge is 2.27. The summed E-state index contributed by atoms with van der Waals surface area (Å²) < 4.78 is 0.625. The van der Waals surface area contributed by atoms with E-state index < -0.39 is 0 Å². The first-order chi connectivity index (χ1) is 9.65. The maximum atomic E-state index is 11.9. The van der Waals surface area contributed by atoms with Gasteiger partial charge in [-0.15, -0.1) is 11.3 Å². The number of carbonyl (C=O) groups excluding carboxylic acids is 1. The van der Waals surface area contributed by atoms with E-state index in [0.29, 0.717) is 35.7 Å². The van der Waals surface area contributed by atoms with E-state index in [1.165, 1.54) is 11.3 Å². The molecule has 106 valence electrons. The Morgan fingerprint density at radius 3 is 3.25 bits per heavy atom. The number of H-pyrrole nitrogens is 1. The van der Waals surface area contributed by atoms with Gasteiger partial charge in [-0.25, -0.2) is 4.98 Å². The Hall–Kier alpha value is -1.77. The lowest BCUT2D eigenvalue weighted by atomic mass is 10.2. The van der Waals surface area contributed by atoms with Crippen LogP contribution in [0, 0.1) is 0 Å². The van der Waals surface area contributed by atoms with Crippen LogP contribution < -0.4 is 16.6 Å². The van der Waals surface area contributed by atoms with Gasteiger partial charge in [-0.05, 0) is 11.4 Å². The molecule has 1 fully saturated rings. The van der Waals surface area contributed by atoms with Crippen molar-refractivity contribution < 1.29 is 4.79 Å². The average molecular weight is 293 g/mol. The molecule has 1 atom stereocenters. The van der Waals surface area contributed by atoms with Crippen molar-refractivity contribution in [2.24, 2.45) is 5.73 Å². The Morgan fingerprint density at radius 2 is 2.45 bits per heavy atom. The summed E-state index contributed by atoms with van der Waals surface area (Å²) in [6.45, 7) is 2.42. The fraction of sp³-hybridized carbons (Fsp3) is 0.417. The second-order valence-electron chi connectivity index (χ2n) is 4.74. The third-order valence-corrected chi connectivity index (χ3v) is 4.30. The summed E-state index contributed by atoms with van der Waals surface area (Å²) in [5, 5.41) is 4.98. The molecule has 0 aromatic carbocycles. The molecule has 3 heterocycles. The van der Waals surface area contributed by atoms with Gasteiger partial charge in [-0.1, -0.05) is 0 Å². The minimum Gasteiger partial charge on any atom is -0.368 e. The number of rotatable bonds is 3. The molecule has 7 nitrogen and oxygen atoms in total. The number of amides is 1. The lowest BCUT2D eigenvalue weighted by molar-refractivity contribution is -0.124. The number of nitrogens with zero attached hydrogens (tertiary/aromatic N) is 2. The summed E-state index contributed by atoms with van der Waals surface area (Å²) in [6.07, 6.45) is 0. The van der Waals surface area contributed by atoms with E-state index in [2.05, 4.69) is 15.3 Å². The molecule has 1 unspecified atom stereocenters. The topological polar surface area (TPSA) is 104 Å². The van der Waals surface area contributed by atoms with Crippen molar-refractivity contribution >= 4 is 27.5 Å². The average Bonchev–Trinajstić information content (AvgIpc) is 2.88. The van der Waals surface area contributed by atoms with Gasteiger partial charge in [-0.3, -0.25) is 14.5 Å². The van der Waals surface area contributed by atoms with Crippen LogP contribution >= 0.6 is 11.3 Å². The maximum Gasteiger partial charge on any atom is 0.268 e. The number of fused-ring (bicyclic) bond motifs is 1. The molecule has 0 radical (unpaired) electrons. The Labute approximate surface area is 118 Å². The van der Waals surface area contributed by atoms with Crippen molar-refractivity contribution in [1.29, 1.82) is 0 Å². The van der Waals surface area contributed by atoms with Gasteiger partial charge in [-0.2, -0.15) is 0 Å². The second-order valence-corrected chi connectivity index (χ2v) is 5.66. The SMILES string of the molecule is NC(=O)C1CNCCN1Cc1nc2ccsc2c(=O)[nH]1. The molecule has 8 heteroatoms. The van der Waals surface area contributed by atoms with Crippen LogP contribution in [0.2, 0.25) is 0 Å². The molecular weight excluding hydrogens is 278 g/mol. The number of nitrogens with two attached hydrogens (primary N) is 1. The van der Waals surface area contributed by atoms with E-state index in [-0.39, 0.29) is 17.5 Å². The quantitative estimate of drug-likeness (QED) is 0.690. The summed E-state index contributed by atoms with van der Waals surface area (Å²) in [4.78, 5) is 32.5. The van der Waals surface area contributed by atoms with Crippen molar-refractivity contribution in [2.45, 2.75) is 12.6 Å². The molecular formula is C12H15N5O2S. The van der Waals surface area contributed by atoms with E-state index in [1.807, 2.05) is 16.3 Å². The van der Waals surface area contributed by atoms with Gasteiger partial charge in [0.15, 0.2) is 0 Å². The lowest BCUT2D eigenvalue weighted by Crippen LogP contribution is -2.56. The molecule has 2 aromatic rings. The van der Waals surface area contributed by atoms with Gasteiger partial charge in [0.2, 0.25) is 5.91 Å². The summed E-state index contributed by atoms with van der Waals surface area (Å²) >= 11 is 1.37. The monoisotopic (exact) mass is 293 g/mol. The van der Waals surface area contributed by atoms with Crippen LogP contribution in [0.3, 0.4) is 0 Å². The van der Waals surface area contributed by atoms with Gasteiger partial charge in [0, 0.05) is 19.6 Å². The minimum atomic E-state index is -0.368. The number of hydrogen-bond donors (Lipinski definition) is 3. The Bertz CT molecular complexity index is 694. The van der Waals surface area contributed by atoms with Crippen LogP contribution in [0.25, 0.3) is 10.2 Å². The molecule has 0 aliphatic carbocycles. The molecule has 1 saturated heterocycles.